The minimum atomic E-state index is -0.944. The third kappa shape index (κ3) is 3.33. The van der Waals surface area contributed by atoms with Gasteiger partial charge in [0.15, 0.2) is 5.16 Å². The molecule has 2 rings (SSSR count). The smallest absolute Gasteiger partial charge is 0.328 e. The van der Waals surface area contributed by atoms with Crippen LogP contribution in [-0.4, -0.2) is 43.9 Å². The van der Waals surface area contributed by atoms with Gasteiger partial charge in [0.1, 0.15) is 11.6 Å². The number of aliphatic carboxylic acids is 1. The molecule has 0 aliphatic carbocycles. The molecule has 0 fully saturated rings. The number of ether oxygens (including phenoxy) is 1. The van der Waals surface area contributed by atoms with E-state index in [-0.39, 0.29) is 18.3 Å². The van der Waals surface area contributed by atoms with E-state index in [1.807, 2.05) is 0 Å². The van der Waals surface area contributed by atoms with Crippen LogP contribution in [0, 0.1) is 0 Å². The molecule has 0 aliphatic rings. The van der Waals surface area contributed by atoms with Crippen LogP contribution in [0.5, 0.6) is 0 Å². The van der Waals surface area contributed by atoms with E-state index in [4.69, 9.17) is 9.84 Å². The van der Waals surface area contributed by atoms with Gasteiger partial charge in [-0.05, 0) is 19.9 Å². The number of thioether (sulfide) groups is 1. The maximum Gasteiger partial charge on any atom is 0.328 e. The fourth-order valence-corrected chi connectivity index (χ4v) is 2.71. The molecule has 0 bridgehead atoms. The second-order valence-electron chi connectivity index (χ2n) is 4.24. The first-order valence-corrected chi connectivity index (χ1v) is 7.36. The molecule has 0 spiro atoms. The zero-order valence-electron chi connectivity index (χ0n) is 11.6. The van der Waals surface area contributed by atoms with Crippen molar-refractivity contribution in [1.82, 2.24) is 14.5 Å². The van der Waals surface area contributed by atoms with E-state index in [0.29, 0.717) is 10.7 Å². The Hall–Kier alpha value is -2.09. The summed E-state index contributed by atoms with van der Waals surface area (Å²) in [5.74, 6) is -1.46. The molecule has 0 amide bonds. The average Bonchev–Trinajstić information content (AvgIpc) is 2.82. The largest absolute Gasteiger partial charge is 0.481 e. The van der Waals surface area contributed by atoms with Crippen LogP contribution in [0.15, 0.2) is 23.6 Å². The number of carbonyl (C=O) groups is 2. The SMILES string of the molecule is CCOC(=O)C(C)n1c(SCC(=O)O)nc2cnccc21. The summed E-state index contributed by atoms with van der Waals surface area (Å²) in [6, 6.07) is 1.15. The van der Waals surface area contributed by atoms with Crippen LogP contribution in [0.1, 0.15) is 19.9 Å². The van der Waals surface area contributed by atoms with Gasteiger partial charge in [0.25, 0.3) is 0 Å². The van der Waals surface area contributed by atoms with E-state index in [1.165, 1.54) is 0 Å². The van der Waals surface area contributed by atoms with Gasteiger partial charge in [0.05, 0.1) is 24.1 Å². The molecule has 112 valence electrons. The normalized spacial score (nSPS) is 12.3. The highest BCUT2D eigenvalue weighted by atomic mass is 32.2. The predicted molar refractivity (Wildman–Crippen MR) is 77.2 cm³/mol. The van der Waals surface area contributed by atoms with E-state index in [0.717, 1.165) is 17.3 Å². The van der Waals surface area contributed by atoms with Gasteiger partial charge in [-0.1, -0.05) is 11.8 Å². The zero-order valence-corrected chi connectivity index (χ0v) is 12.5. The molecule has 1 unspecified atom stereocenters. The molecule has 8 heteroatoms. The minimum Gasteiger partial charge on any atom is -0.481 e. The van der Waals surface area contributed by atoms with E-state index >= 15 is 0 Å². The number of esters is 1. The summed E-state index contributed by atoms with van der Waals surface area (Å²) in [7, 11) is 0. The first kappa shape index (κ1) is 15.3. The molecule has 0 aliphatic heterocycles. The lowest BCUT2D eigenvalue weighted by atomic mass is 10.3. The van der Waals surface area contributed by atoms with Crippen LogP contribution < -0.4 is 0 Å². The Kier molecular flexibility index (Phi) is 4.79. The van der Waals surface area contributed by atoms with Crippen molar-refractivity contribution in [3.63, 3.8) is 0 Å². The standard InChI is InChI=1S/C13H15N3O4S/c1-3-20-12(19)8(2)16-10-4-5-14-6-9(10)15-13(16)21-7-11(17)18/h4-6,8H,3,7H2,1-2H3,(H,17,18). The lowest BCUT2D eigenvalue weighted by Gasteiger charge is -2.15. The Morgan fingerprint density at radius 2 is 2.29 bits per heavy atom. The maximum absolute atomic E-state index is 12.0. The molecule has 2 aromatic rings. The number of imidazole rings is 1. The van der Waals surface area contributed by atoms with Gasteiger partial charge < -0.3 is 14.4 Å². The van der Waals surface area contributed by atoms with E-state index in [1.54, 1.807) is 36.9 Å². The summed E-state index contributed by atoms with van der Waals surface area (Å²) in [6.07, 6.45) is 3.18. The highest BCUT2D eigenvalue weighted by Gasteiger charge is 2.23. The molecule has 0 aromatic carbocycles. The van der Waals surface area contributed by atoms with Crippen LogP contribution in [0.4, 0.5) is 0 Å². The fourth-order valence-electron chi connectivity index (χ4n) is 1.90. The monoisotopic (exact) mass is 309 g/mol. The third-order valence-electron chi connectivity index (χ3n) is 2.80. The van der Waals surface area contributed by atoms with Crippen molar-refractivity contribution in [2.45, 2.75) is 25.0 Å². The third-order valence-corrected chi connectivity index (χ3v) is 3.74. The summed E-state index contributed by atoms with van der Waals surface area (Å²) in [4.78, 5) is 31.0. The second-order valence-corrected chi connectivity index (χ2v) is 5.18. The van der Waals surface area contributed by atoms with Crippen LogP contribution in [0.2, 0.25) is 0 Å². The number of rotatable bonds is 6. The lowest BCUT2D eigenvalue weighted by molar-refractivity contribution is -0.146. The van der Waals surface area contributed by atoms with Gasteiger partial charge in [0, 0.05) is 6.20 Å². The average molecular weight is 309 g/mol. The van der Waals surface area contributed by atoms with Gasteiger partial charge in [-0.15, -0.1) is 0 Å². The lowest BCUT2D eigenvalue weighted by Crippen LogP contribution is -2.20. The molecule has 0 radical (unpaired) electrons. The predicted octanol–water partition coefficient (Wildman–Crippen LogP) is 1.73. The van der Waals surface area contributed by atoms with Crippen molar-refractivity contribution in [3.05, 3.63) is 18.5 Å². The molecule has 2 aromatic heterocycles. The molecule has 2 heterocycles. The number of carbonyl (C=O) groups excluding carboxylic acids is 1. The highest BCUT2D eigenvalue weighted by molar-refractivity contribution is 7.99. The first-order chi connectivity index (χ1) is 10.0. The fraction of sp³-hybridized carbons (Fsp3) is 0.385. The number of hydrogen-bond acceptors (Lipinski definition) is 6. The molecular weight excluding hydrogens is 294 g/mol. The molecule has 21 heavy (non-hydrogen) atoms. The van der Waals surface area contributed by atoms with Crippen molar-refractivity contribution < 1.29 is 19.4 Å². The highest BCUT2D eigenvalue weighted by Crippen LogP contribution is 2.27. The first-order valence-electron chi connectivity index (χ1n) is 6.37. The van der Waals surface area contributed by atoms with Crippen LogP contribution in [-0.2, 0) is 14.3 Å². The van der Waals surface area contributed by atoms with Gasteiger partial charge in [-0.25, -0.2) is 9.78 Å². The Morgan fingerprint density at radius 3 is 2.95 bits per heavy atom. The molecule has 1 N–H and O–H groups in total. The van der Waals surface area contributed by atoms with Crippen molar-refractivity contribution >= 4 is 34.7 Å². The van der Waals surface area contributed by atoms with Crippen LogP contribution in [0.3, 0.4) is 0 Å². The Bertz CT molecular complexity index is 670. The molecule has 0 saturated heterocycles. The summed E-state index contributed by atoms with van der Waals surface area (Å²) in [5.41, 5.74) is 1.33. The number of fused-ring (bicyclic) bond motifs is 1. The Morgan fingerprint density at radius 1 is 1.52 bits per heavy atom. The van der Waals surface area contributed by atoms with Gasteiger partial charge in [-0.3, -0.25) is 9.78 Å². The Labute approximate surface area is 125 Å². The number of pyridine rings is 1. The Balaban J connectivity index is 2.44. The van der Waals surface area contributed by atoms with E-state index in [2.05, 4.69) is 9.97 Å². The van der Waals surface area contributed by atoms with Crippen LogP contribution >= 0.6 is 11.8 Å². The summed E-state index contributed by atoms with van der Waals surface area (Å²) in [6.45, 7) is 3.72. The number of aromatic nitrogens is 3. The topological polar surface area (TPSA) is 94.3 Å². The quantitative estimate of drug-likeness (QED) is 0.641. The van der Waals surface area contributed by atoms with Crippen molar-refractivity contribution in [2.24, 2.45) is 0 Å². The molecule has 0 saturated carbocycles. The van der Waals surface area contributed by atoms with E-state index < -0.39 is 12.0 Å². The number of carboxylic acid groups (broad SMARTS) is 1. The van der Waals surface area contributed by atoms with E-state index in [9.17, 15) is 9.59 Å². The summed E-state index contributed by atoms with van der Waals surface area (Å²) in [5, 5.41) is 9.27. The maximum atomic E-state index is 12.0. The number of hydrogen-bond donors (Lipinski definition) is 1. The molecule has 7 nitrogen and oxygen atoms in total. The number of nitrogens with zero attached hydrogens (tertiary/aromatic N) is 3. The minimum absolute atomic E-state index is 0.133. The van der Waals surface area contributed by atoms with Crippen molar-refractivity contribution in [1.29, 1.82) is 0 Å². The van der Waals surface area contributed by atoms with Gasteiger partial charge in [-0.2, -0.15) is 0 Å². The summed E-state index contributed by atoms with van der Waals surface area (Å²) < 4.78 is 6.71. The van der Waals surface area contributed by atoms with Crippen molar-refractivity contribution in [2.75, 3.05) is 12.4 Å². The zero-order chi connectivity index (χ0) is 15.4. The second kappa shape index (κ2) is 6.57. The molecule has 1 atom stereocenters. The number of carboxylic acids is 1. The summed E-state index contributed by atoms with van der Waals surface area (Å²) >= 11 is 1.06. The van der Waals surface area contributed by atoms with Crippen LogP contribution in [0.25, 0.3) is 11.0 Å². The van der Waals surface area contributed by atoms with Gasteiger partial charge in [0.2, 0.25) is 0 Å². The van der Waals surface area contributed by atoms with Gasteiger partial charge >= 0.3 is 11.9 Å². The van der Waals surface area contributed by atoms with Crippen molar-refractivity contribution in [3.8, 4) is 0 Å². The molecular formula is C13H15N3O4S.